The van der Waals surface area contributed by atoms with Crippen LogP contribution in [0, 0.1) is 19.8 Å². The van der Waals surface area contributed by atoms with Crippen LogP contribution in [0.2, 0.25) is 0 Å². The van der Waals surface area contributed by atoms with Crippen LogP contribution in [-0.2, 0) is 14.8 Å². The third kappa shape index (κ3) is 5.91. The number of carboxylic acids is 1. The maximum atomic E-state index is 13.1. The Morgan fingerprint density at radius 3 is 1.95 bits per heavy atom. The zero-order valence-electron chi connectivity index (χ0n) is 23.6. The van der Waals surface area contributed by atoms with Crippen molar-refractivity contribution in [2.75, 3.05) is 19.5 Å². The quantitative estimate of drug-likeness (QED) is 0.227. The smallest absolute Gasteiger partial charge is 0.322 e. The van der Waals surface area contributed by atoms with Crippen molar-refractivity contribution in [3.63, 3.8) is 0 Å². The molecule has 0 bridgehead atoms. The van der Waals surface area contributed by atoms with E-state index in [4.69, 9.17) is 13.9 Å². The number of carbonyl (C=O) groups excluding carboxylic acids is 1. The number of rotatable bonds is 10. The molecule has 0 aliphatic rings. The molecule has 0 saturated heterocycles. The summed E-state index contributed by atoms with van der Waals surface area (Å²) in [7, 11) is -0.924. The monoisotopic (exact) mass is 580 g/mol. The third-order valence-electron chi connectivity index (χ3n) is 6.87. The Labute approximate surface area is 238 Å². The summed E-state index contributed by atoms with van der Waals surface area (Å²) >= 11 is 0. The molecule has 0 radical (unpaired) electrons. The van der Waals surface area contributed by atoms with Gasteiger partial charge in [-0.1, -0.05) is 38.1 Å². The van der Waals surface area contributed by atoms with E-state index in [0.717, 1.165) is 16.7 Å². The number of fused-ring (bicyclic) bond motifs is 1. The third-order valence-corrected chi connectivity index (χ3v) is 8.32. The Morgan fingerprint density at radius 1 is 0.878 bits per heavy atom. The van der Waals surface area contributed by atoms with Crippen molar-refractivity contribution in [1.82, 2.24) is 4.72 Å². The second kappa shape index (κ2) is 11.6. The average Bonchev–Trinajstić information content (AvgIpc) is 3.30. The van der Waals surface area contributed by atoms with Gasteiger partial charge in [0.25, 0.3) is 5.91 Å². The number of carbonyl (C=O) groups is 2. The lowest BCUT2D eigenvalue weighted by Crippen LogP contribution is -2.44. The van der Waals surface area contributed by atoms with Gasteiger partial charge in [0.15, 0.2) is 5.76 Å². The van der Waals surface area contributed by atoms with Crippen LogP contribution in [0.15, 0.2) is 63.9 Å². The molecule has 216 valence electrons. The van der Waals surface area contributed by atoms with Crippen molar-refractivity contribution in [3.8, 4) is 22.6 Å². The lowest BCUT2D eigenvalue weighted by Gasteiger charge is -2.18. The van der Waals surface area contributed by atoms with Crippen molar-refractivity contribution >= 4 is 38.6 Å². The van der Waals surface area contributed by atoms with Crippen LogP contribution in [0.5, 0.6) is 11.5 Å². The Bertz CT molecular complexity index is 1710. The van der Waals surface area contributed by atoms with Gasteiger partial charge in [0.2, 0.25) is 10.0 Å². The molecule has 10 nitrogen and oxygen atoms in total. The number of furan rings is 1. The van der Waals surface area contributed by atoms with E-state index in [-0.39, 0.29) is 10.7 Å². The number of amides is 1. The van der Waals surface area contributed by atoms with E-state index in [0.29, 0.717) is 33.7 Å². The number of hydrogen-bond acceptors (Lipinski definition) is 7. The number of anilines is 1. The highest BCUT2D eigenvalue weighted by atomic mass is 32.2. The fourth-order valence-corrected chi connectivity index (χ4v) is 5.88. The second-order valence-electron chi connectivity index (χ2n) is 9.90. The minimum absolute atomic E-state index is 0.0391. The highest BCUT2D eigenvalue weighted by molar-refractivity contribution is 7.89. The van der Waals surface area contributed by atoms with Gasteiger partial charge in [-0.05, 0) is 55.2 Å². The van der Waals surface area contributed by atoms with Gasteiger partial charge in [-0.3, -0.25) is 9.59 Å². The first-order valence-electron chi connectivity index (χ1n) is 12.8. The molecule has 0 spiro atoms. The standard InChI is InChI=1S/C30H32N2O8S/c1-16(2)26(30(34)35)32-41(36,37)22-13-9-20(10-14-22)19-7-11-21(12-8-19)31-29(33)28-18(4)25-24(39-6)15-23(38-5)17(3)27(25)40-28/h7-16,26,32H,1-6H3,(H,31,33)(H,34,35). The normalized spacial score (nSPS) is 12.4. The fourth-order valence-electron chi connectivity index (χ4n) is 4.54. The van der Waals surface area contributed by atoms with Crippen LogP contribution >= 0.6 is 0 Å². The predicted octanol–water partition coefficient (Wildman–Crippen LogP) is 5.37. The number of ether oxygens (including phenoxy) is 2. The molecule has 0 aliphatic heterocycles. The van der Waals surface area contributed by atoms with E-state index in [1.165, 1.54) is 12.1 Å². The van der Waals surface area contributed by atoms with Crippen LogP contribution < -0.4 is 19.5 Å². The minimum Gasteiger partial charge on any atom is -0.496 e. The number of sulfonamides is 1. The number of carboxylic acid groups (broad SMARTS) is 1. The molecule has 3 aromatic carbocycles. The van der Waals surface area contributed by atoms with Crippen LogP contribution in [0.4, 0.5) is 5.69 Å². The summed E-state index contributed by atoms with van der Waals surface area (Å²) in [6.07, 6.45) is 0. The summed E-state index contributed by atoms with van der Waals surface area (Å²) in [6, 6.07) is 13.7. The molecular weight excluding hydrogens is 548 g/mol. The maximum absolute atomic E-state index is 13.1. The first-order chi connectivity index (χ1) is 19.4. The van der Waals surface area contributed by atoms with Gasteiger partial charge in [-0.25, -0.2) is 8.42 Å². The van der Waals surface area contributed by atoms with Gasteiger partial charge in [0.05, 0.1) is 24.5 Å². The molecule has 1 heterocycles. The van der Waals surface area contributed by atoms with Crippen LogP contribution in [-0.4, -0.2) is 45.7 Å². The molecule has 1 aromatic heterocycles. The summed E-state index contributed by atoms with van der Waals surface area (Å²) in [5, 5.41) is 12.9. The summed E-state index contributed by atoms with van der Waals surface area (Å²) < 4.78 is 44.5. The molecule has 4 rings (SSSR count). The van der Waals surface area contributed by atoms with Gasteiger partial charge in [-0.15, -0.1) is 0 Å². The molecule has 0 fully saturated rings. The summed E-state index contributed by atoms with van der Waals surface area (Å²) in [5.74, 6) is -0.790. The van der Waals surface area contributed by atoms with E-state index >= 15 is 0 Å². The lowest BCUT2D eigenvalue weighted by molar-refractivity contribution is -0.140. The average molecular weight is 581 g/mol. The van der Waals surface area contributed by atoms with Crippen molar-refractivity contribution < 1.29 is 37.0 Å². The summed E-state index contributed by atoms with van der Waals surface area (Å²) in [6.45, 7) is 6.90. The molecule has 3 N–H and O–H groups in total. The number of aliphatic carboxylic acids is 1. The van der Waals surface area contributed by atoms with E-state index < -0.39 is 33.9 Å². The van der Waals surface area contributed by atoms with Gasteiger partial charge >= 0.3 is 5.97 Å². The van der Waals surface area contributed by atoms with Gasteiger partial charge in [-0.2, -0.15) is 4.72 Å². The van der Waals surface area contributed by atoms with Gasteiger partial charge in [0, 0.05) is 22.9 Å². The first-order valence-corrected chi connectivity index (χ1v) is 14.3. The Hall–Kier alpha value is -4.35. The largest absolute Gasteiger partial charge is 0.496 e. The molecule has 1 amide bonds. The van der Waals surface area contributed by atoms with Crippen molar-refractivity contribution in [1.29, 1.82) is 0 Å². The lowest BCUT2D eigenvalue weighted by atomic mass is 10.1. The number of benzene rings is 3. The number of methoxy groups -OCH3 is 2. The van der Waals surface area contributed by atoms with Crippen LogP contribution in [0.1, 0.15) is 35.5 Å². The van der Waals surface area contributed by atoms with E-state index in [1.807, 2.05) is 6.92 Å². The van der Waals surface area contributed by atoms with Crippen molar-refractivity contribution in [2.24, 2.45) is 5.92 Å². The zero-order valence-corrected chi connectivity index (χ0v) is 24.4. The number of aryl methyl sites for hydroxylation is 2. The SMILES string of the molecule is COc1cc(OC)c2c(C)c(C(=O)Nc3ccc(-c4ccc(S(=O)(=O)NC(C(=O)O)C(C)C)cc4)cc3)oc2c1C. The van der Waals surface area contributed by atoms with Gasteiger partial charge < -0.3 is 24.3 Å². The second-order valence-corrected chi connectivity index (χ2v) is 11.6. The van der Waals surface area contributed by atoms with Crippen molar-refractivity contribution in [2.45, 2.75) is 38.6 Å². The minimum atomic E-state index is -4.02. The fraction of sp³-hybridized carbons (Fsp3) is 0.267. The number of hydrogen-bond donors (Lipinski definition) is 3. The van der Waals surface area contributed by atoms with Crippen LogP contribution in [0.25, 0.3) is 22.1 Å². The summed E-state index contributed by atoms with van der Waals surface area (Å²) in [5.41, 5.74) is 3.98. The number of nitrogens with one attached hydrogen (secondary N) is 2. The van der Waals surface area contributed by atoms with E-state index in [2.05, 4.69) is 10.0 Å². The van der Waals surface area contributed by atoms with Crippen molar-refractivity contribution in [3.05, 3.63) is 71.5 Å². The molecule has 1 atom stereocenters. The molecule has 0 aliphatic carbocycles. The first kappa shape index (κ1) is 29.6. The molecular formula is C30H32N2O8S. The highest BCUT2D eigenvalue weighted by Crippen LogP contribution is 2.40. The zero-order chi connectivity index (χ0) is 30.1. The predicted molar refractivity (Wildman–Crippen MR) is 155 cm³/mol. The van der Waals surface area contributed by atoms with Gasteiger partial charge in [0.1, 0.15) is 23.1 Å². The topological polar surface area (TPSA) is 144 Å². The van der Waals surface area contributed by atoms with E-state index in [9.17, 15) is 23.1 Å². The Balaban J connectivity index is 1.52. The van der Waals surface area contributed by atoms with E-state index in [1.54, 1.807) is 77.5 Å². The Morgan fingerprint density at radius 2 is 1.44 bits per heavy atom. The van der Waals surface area contributed by atoms with Crippen LogP contribution in [0.3, 0.4) is 0 Å². The molecule has 11 heteroatoms. The summed E-state index contributed by atoms with van der Waals surface area (Å²) in [4.78, 5) is 24.5. The molecule has 4 aromatic rings. The Kier molecular flexibility index (Phi) is 8.41. The maximum Gasteiger partial charge on any atom is 0.322 e. The molecule has 1 unspecified atom stereocenters. The highest BCUT2D eigenvalue weighted by Gasteiger charge is 2.28. The molecule has 0 saturated carbocycles. The molecule has 41 heavy (non-hydrogen) atoms.